The number of nitrogens with zero attached hydrogens (tertiary/aromatic N) is 2. The predicted molar refractivity (Wildman–Crippen MR) is 112 cm³/mol. The summed E-state index contributed by atoms with van der Waals surface area (Å²) in [5, 5.41) is 0. The van der Waals surface area contributed by atoms with Crippen LogP contribution in [0.2, 0.25) is 0 Å². The first-order valence-electron chi connectivity index (χ1n) is 9.98. The van der Waals surface area contributed by atoms with Crippen molar-refractivity contribution in [3.8, 4) is 5.75 Å². The Bertz CT molecular complexity index is 1030. The maximum Gasteiger partial charge on any atom is 0.243 e. The highest BCUT2D eigenvalue weighted by Crippen LogP contribution is 2.38. The van der Waals surface area contributed by atoms with Crippen LogP contribution in [0.4, 0.5) is 5.69 Å². The lowest BCUT2D eigenvalue weighted by molar-refractivity contribution is -0.117. The summed E-state index contributed by atoms with van der Waals surface area (Å²) in [4.78, 5) is 14.1. The molecule has 0 radical (unpaired) electrons. The van der Waals surface area contributed by atoms with E-state index in [1.54, 1.807) is 35.4 Å². The van der Waals surface area contributed by atoms with Crippen molar-refractivity contribution < 1.29 is 17.9 Å². The minimum absolute atomic E-state index is 0.0950. The number of sulfonamides is 1. The molecule has 7 heteroatoms. The third kappa shape index (κ3) is 3.65. The van der Waals surface area contributed by atoms with Gasteiger partial charge in [-0.15, -0.1) is 0 Å². The number of benzene rings is 2. The van der Waals surface area contributed by atoms with Gasteiger partial charge in [-0.05, 0) is 67.6 Å². The Morgan fingerprint density at radius 1 is 1.07 bits per heavy atom. The first-order chi connectivity index (χ1) is 13.9. The second kappa shape index (κ2) is 7.80. The number of methoxy groups -OCH3 is 1. The zero-order valence-corrected chi connectivity index (χ0v) is 17.6. The number of carbonyl (C=O) groups excluding carboxylic acids is 1. The van der Waals surface area contributed by atoms with Gasteiger partial charge in [0.15, 0.2) is 0 Å². The molecule has 2 fully saturated rings. The molecule has 2 aromatic carbocycles. The molecule has 1 unspecified atom stereocenters. The van der Waals surface area contributed by atoms with Crippen LogP contribution in [0.3, 0.4) is 0 Å². The summed E-state index contributed by atoms with van der Waals surface area (Å²) in [7, 11) is -2.04. The Labute approximate surface area is 172 Å². The largest absolute Gasteiger partial charge is 0.497 e. The van der Waals surface area contributed by atoms with Gasteiger partial charge in [0.1, 0.15) is 5.75 Å². The van der Waals surface area contributed by atoms with Crippen molar-refractivity contribution in [2.45, 2.75) is 43.5 Å². The SMILES string of the molecule is COc1cccc(C2CCCN2S(=O)(=O)c2ccc(N3CCCC3=O)cc2C)c1. The normalized spacial score (nSPS) is 20.4. The van der Waals surface area contributed by atoms with E-state index >= 15 is 0 Å². The number of hydrogen-bond acceptors (Lipinski definition) is 4. The number of carbonyl (C=O) groups is 1. The van der Waals surface area contributed by atoms with Gasteiger partial charge in [-0.2, -0.15) is 4.31 Å². The van der Waals surface area contributed by atoms with Gasteiger partial charge < -0.3 is 9.64 Å². The lowest BCUT2D eigenvalue weighted by Gasteiger charge is -2.26. The number of anilines is 1. The number of hydrogen-bond donors (Lipinski definition) is 0. The Hall–Kier alpha value is -2.38. The molecular formula is C22H26N2O4S. The molecule has 0 N–H and O–H groups in total. The van der Waals surface area contributed by atoms with Crippen LogP contribution in [0.5, 0.6) is 5.75 Å². The lowest BCUT2D eigenvalue weighted by Crippen LogP contribution is -2.31. The highest BCUT2D eigenvalue weighted by molar-refractivity contribution is 7.89. The van der Waals surface area contributed by atoms with Crippen LogP contribution in [-0.2, 0) is 14.8 Å². The van der Waals surface area contributed by atoms with Crippen molar-refractivity contribution in [2.75, 3.05) is 25.1 Å². The number of ether oxygens (including phenoxy) is 1. The zero-order valence-electron chi connectivity index (χ0n) is 16.8. The van der Waals surface area contributed by atoms with E-state index in [2.05, 4.69) is 0 Å². The fourth-order valence-corrected chi connectivity index (χ4v) is 6.24. The average molecular weight is 415 g/mol. The Morgan fingerprint density at radius 3 is 2.59 bits per heavy atom. The Morgan fingerprint density at radius 2 is 1.90 bits per heavy atom. The lowest BCUT2D eigenvalue weighted by atomic mass is 10.1. The van der Waals surface area contributed by atoms with Crippen molar-refractivity contribution in [3.63, 3.8) is 0 Å². The van der Waals surface area contributed by atoms with Gasteiger partial charge >= 0.3 is 0 Å². The molecule has 2 aliphatic heterocycles. The molecule has 0 saturated carbocycles. The van der Waals surface area contributed by atoms with Gasteiger partial charge in [0.25, 0.3) is 0 Å². The Balaban J connectivity index is 1.66. The topological polar surface area (TPSA) is 66.9 Å². The van der Waals surface area contributed by atoms with E-state index in [-0.39, 0.29) is 11.9 Å². The molecular weight excluding hydrogens is 388 g/mol. The maximum absolute atomic E-state index is 13.5. The summed E-state index contributed by atoms with van der Waals surface area (Å²) < 4.78 is 33.9. The predicted octanol–water partition coefficient (Wildman–Crippen LogP) is 3.66. The maximum atomic E-state index is 13.5. The van der Waals surface area contributed by atoms with Crippen LogP contribution in [0, 0.1) is 6.92 Å². The molecule has 6 nitrogen and oxygen atoms in total. The standard InChI is InChI=1S/C22H26N2O4S/c1-16-14-18(23-12-5-9-22(23)25)10-11-21(16)29(26,27)24-13-4-8-20(24)17-6-3-7-19(15-17)28-2/h3,6-7,10-11,14-15,20H,4-5,8-9,12-13H2,1-2H3. The first-order valence-corrected chi connectivity index (χ1v) is 11.4. The van der Waals surface area contributed by atoms with Gasteiger partial charge in [-0.25, -0.2) is 8.42 Å². The molecule has 4 rings (SSSR count). The Kier molecular flexibility index (Phi) is 5.36. The molecule has 0 spiro atoms. The molecule has 1 amide bonds. The van der Waals surface area contributed by atoms with Crippen molar-refractivity contribution in [1.82, 2.24) is 4.31 Å². The smallest absolute Gasteiger partial charge is 0.243 e. The van der Waals surface area contributed by atoms with Crippen LogP contribution in [0.15, 0.2) is 47.4 Å². The van der Waals surface area contributed by atoms with E-state index in [0.717, 1.165) is 36.3 Å². The second-order valence-electron chi connectivity index (χ2n) is 7.65. The van der Waals surface area contributed by atoms with E-state index in [1.807, 2.05) is 30.3 Å². The summed E-state index contributed by atoms with van der Waals surface area (Å²) in [6.45, 7) is 2.98. The molecule has 2 heterocycles. The summed E-state index contributed by atoms with van der Waals surface area (Å²) in [6, 6.07) is 12.6. The molecule has 2 saturated heterocycles. The van der Waals surface area contributed by atoms with E-state index in [1.165, 1.54) is 0 Å². The minimum atomic E-state index is -3.65. The van der Waals surface area contributed by atoms with Gasteiger partial charge in [0.05, 0.1) is 18.0 Å². The summed E-state index contributed by atoms with van der Waals surface area (Å²) in [5.41, 5.74) is 2.38. The number of aryl methyl sites for hydroxylation is 1. The van der Waals surface area contributed by atoms with E-state index in [0.29, 0.717) is 30.0 Å². The van der Waals surface area contributed by atoms with E-state index in [9.17, 15) is 13.2 Å². The third-order valence-corrected chi connectivity index (χ3v) is 7.88. The van der Waals surface area contributed by atoms with E-state index < -0.39 is 10.0 Å². The molecule has 0 bridgehead atoms. The van der Waals surface area contributed by atoms with Crippen molar-refractivity contribution >= 4 is 21.6 Å². The minimum Gasteiger partial charge on any atom is -0.497 e. The third-order valence-electron chi connectivity index (χ3n) is 5.81. The summed E-state index contributed by atoms with van der Waals surface area (Å²) in [6.07, 6.45) is 3.00. The van der Waals surface area contributed by atoms with E-state index in [4.69, 9.17) is 4.74 Å². The number of rotatable bonds is 5. The molecule has 0 aromatic heterocycles. The van der Waals surface area contributed by atoms with Crippen LogP contribution in [-0.4, -0.2) is 38.8 Å². The monoisotopic (exact) mass is 414 g/mol. The number of amides is 1. The average Bonchev–Trinajstić information content (AvgIpc) is 3.37. The van der Waals surface area contributed by atoms with Gasteiger partial charge in [-0.3, -0.25) is 4.79 Å². The molecule has 29 heavy (non-hydrogen) atoms. The molecule has 2 aromatic rings. The van der Waals surface area contributed by atoms with Crippen molar-refractivity contribution in [1.29, 1.82) is 0 Å². The summed E-state index contributed by atoms with van der Waals surface area (Å²) >= 11 is 0. The van der Waals surface area contributed by atoms with Crippen LogP contribution in [0.25, 0.3) is 0 Å². The van der Waals surface area contributed by atoms with Crippen molar-refractivity contribution in [2.24, 2.45) is 0 Å². The molecule has 0 aliphatic carbocycles. The van der Waals surface area contributed by atoms with Gasteiger partial charge in [0.2, 0.25) is 15.9 Å². The van der Waals surface area contributed by atoms with Gasteiger partial charge in [-0.1, -0.05) is 12.1 Å². The fraction of sp³-hybridized carbons (Fsp3) is 0.409. The molecule has 154 valence electrons. The van der Waals surface area contributed by atoms with Crippen LogP contribution >= 0.6 is 0 Å². The summed E-state index contributed by atoms with van der Waals surface area (Å²) in [5.74, 6) is 0.820. The molecule has 2 aliphatic rings. The molecule has 1 atom stereocenters. The van der Waals surface area contributed by atoms with Crippen LogP contribution in [0.1, 0.15) is 42.9 Å². The highest BCUT2D eigenvalue weighted by atomic mass is 32.2. The highest BCUT2D eigenvalue weighted by Gasteiger charge is 2.37. The zero-order chi connectivity index (χ0) is 20.6. The van der Waals surface area contributed by atoms with Crippen molar-refractivity contribution in [3.05, 3.63) is 53.6 Å². The first kappa shape index (κ1) is 19.9. The quantitative estimate of drug-likeness (QED) is 0.749. The van der Waals surface area contributed by atoms with Crippen LogP contribution < -0.4 is 9.64 Å². The fourth-order valence-electron chi connectivity index (χ4n) is 4.35. The van der Waals surface area contributed by atoms with Gasteiger partial charge in [0, 0.05) is 25.2 Å². The second-order valence-corrected chi connectivity index (χ2v) is 9.51.